The Morgan fingerprint density at radius 3 is 2.37 bits per heavy atom. The van der Waals surface area contributed by atoms with Crippen LogP contribution in [0.15, 0.2) is 24.3 Å². The highest BCUT2D eigenvalue weighted by Gasteiger charge is 2.09. The summed E-state index contributed by atoms with van der Waals surface area (Å²) < 4.78 is 0. The van der Waals surface area contributed by atoms with E-state index in [0.717, 1.165) is 13.0 Å². The molecule has 1 aromatic rings. The summed E-state index contributed by atoms with van der Waals surface area (Å²) in [7, 11) is 0. The molecule has 0 saturated carbocycles. The molecule has 1 unspecified atom stereocenters. The zero-order chi connectivity index (χ0) is 13.9. The van der Waals surface area contributed by atoms with E-state index in [2.05, 4.69) is 38.1 Å². The molecule has 0 aliphatic heterocycles. The maximum atomic E-state index is 5.93. The van der Waals surface area contributed by atoms with Crippen LogP contribution in [0.5, 0.6) is 0 Å². The number of unbranched alkanes of at least 4 members (excludes halogenated alkanes) is 5. The second-order valence-electron chi connectivity index (χ2n) is 5.79. The van der Waals surface area contributed by atoms with Gasteiger partial charge in [0.15, 0.2) is 0 Å². The van der Waals surface area contributed by atoms with Crippen molar-refractivity contribution in [3.63, 3.8) is 0 Å². The third kappa shape index (κ3) is 6.77. The monoisotopic (exact) mass is 261 g/mol. The van der Waals surface area contributed by atoms with E-state index in [1.54, 1.807) is 0 Å². The third-order valence-electron chi connectivity index (χ3n) is 4.07. The Morgan fingerprint density at radius 2 is 1.68 bits per heavy atom. The molecule has 2 N–H and O–H groups in total. The van der Waals surface area contributed by atoms with E-state index in [4.69, 9.17) is 5.73 Å². The Balaban J connectivity index is 2.24. The van der Waals surface area contributed by atoms with Gasteiger partial charge in [-0.15, -0.1) is 0 Å². The molecule has 0 aliphatic carbocycles. The van der Waals surface area contributed by atoms with E-state index < -0.39 is 0 Å². The summed E-state index contributed by atoms with van der Waals surface area (Å²) >= 11 is 0. The van der Waals surface area contributed by atoms with Crippen LogP contribution < -0.4 is 5.73 Å². The van der Waals surface area contributed by atoms with Crippen molar-refractivity contribution in [1.29, 1.82) is 0 Å². The number of hydrogen-bond donors (Lipinski definition) is 1. The highest BCUT2D eigenvalue weighted by atomic mass is 14.5. The first-order valence-corrected chi connectivity index (χ1v) is 8.02. The molecule has 0 saturated heterocycles. The smallest absolute Gasteiger partial charge is 0.00457 e. The molecule has 1 nitrogen and oxygen atoms in total. The number of benzene rings is 1. The van der Waals surface area contributed by atoms with Crippen molar-refractivity contribution in [3.05, 3.63) is 35.4 Å². The Kier molecular flexibility index (Phi) is 8.57. The maximum absolute atomic E-state index is 5.93. The normalized spacial score (nSPS) is 12.6. The van der Waals surface area contributed by atoms with Crippen molar-refractivity contribution in [2.75, 3.05) is 6.54 Å². The first-order chi connectivity index (χ1) is 9.27. The predicted octanol–water partition coefficient (Wildman–Crippen LogP) is 4.86. The molecule has 0 amide bonds. The zero-order valence-corrected chi connectivity index (χ0v) is 12.8. The lowest BCUT2D eigenvalue weighted by Gasteiger charge is -2.16. The van der Waals surface area contributed by atoms with Crippen LogP contribution in [0, 0.1) is 12.8 Å². The highest BCUT2D eigenvalue weighted by molar-refractivity contribution is 5.25. The second-order valence-corrected chi connectivity index (χ2v) is 5.79. The number of nitrogens with two attached hydrogens (primary N) is 1. The van der Waals surface area contributed by atoms with Crippen LogP contribution in [0.2, 0.25) is 0 Å². The molecule has 0 radical (unpaired) electrons. The lowest BCUT2D eigenvalue weighted by atomic mass is 9.91. The fourth-order valence-electron chi connectivity index (χ4n) is 2.67. The van der Waals surface area contributed by atoms with Gasteiger partial charge in [-0.25, -0.2) is 0 Å². The van der Waals surface area contributed by atoms with Gasteiger partial charge in [-0.2, -0.15) is 0 Å². The first kappa shape index (κ1) is 16.2. The lowest BCUT2D eigenvalue weighted by Crippen LogP contribution is -2.17. The summed E-state index contributed by atoms with van der Waals surface area (Å²) in [5.74, 6) is 0.660. The molecule has 108 valence electrons. The largest absolute Gasteiger partial charge is 0.330 e. The topological polar surface area (TPSA) is 26.0 Å². The van der Waals surface area contributed by atoms with Gasteiger partial charge in [0.2, 0.25) is 0 Å². The van der Waals surface area contributed by atoms with Crippen molar-refractivity contribution >= 4 is 0 Å². The minimum absolute atomic E-state index is 0.660. The Labute approximate surface area is 119 Å². The SMILES string of the molecule is CCCCCCCCC(CN)Cc1ccccc1C. The van der Waals surface area contributed by atoms with Crippen molar-refractivity contribution in [3.8, 4) is 0 Å². The van der Waals surface area contributed by atoms with Gasteiger partial charge < -0.3 is 5.73 Å². The van der Waals surface area contributed by atoms with Gasteiger partial charge in [-0.05, 0) is 43.4 Å². The predicted molar refractivity (Wildman–Crippen MR) is 85.4 cm³/mol. The molecule has 0 spiro atoms. The summed E-state index contributed by atoms with van der Waals surface area (Å²) in [5, 5.41) is 0. The van der Waals surface area contributed by atoms with Crippen LogP contribution in [-0.4, -0.2) is 6.54 Å². The number of rotatable bonds is 10. The molecule has 0 aromatic heterocycles. The lowest BCUT2D eigenvalue weighted by molar-refractivity contribution is 0.456. The van der Waals surface area contributed by atoms with Gasteiger partial charge in [0, 0.05) is 0 Å². The van der Waals surface area contributed by atoms with Crippen molar-refractivity contribution in [2.45, 2.75) is 65.2 Å². The second kappa shape index (κ2) is 10.0. The molecule has 0 heterocycles. The van der Waals surface area contributed by atoms with Crippen molar-refractivity contribution in [2.24, 2.45) is 11.7 Å². The van der Waals surface area contributed by atoms with Gasteiger partial charge in [-0.3, -0.25) is 0 Å². The summed E-state index contributed by atoms with van der Waals surface area (Å²) in [6, 6.07) is 8.71. The highest BCUT2D eigenvalue weighted by Crippen LogP contribution is 2.18. The van der Waals surface area contributed by atoms with Gasteiger partial charge >= 0.3 is 0 Å². The number of hydrogen-bond acceptors (Lipinski definition) is 1. The molecule has 0 bridgehead atoms. The molecular formula is C18H31N. The Bertz CT molecular complexity index is 332. The summed E-state index contributed by atoms with van der Waals surface area (Å²) in [6.45, 7) is 5.30. The van der Waals surface area contributed by atoms with E-state index in [-0.39, 0.29) is 0 Å². The van der Waals surface area contributed by atoms with Crippen LogP contribution in [0.4, 0.5) is 0 Å². The minimum Gasteiger partial charge on any atom is -0.330 e. The van der Waals surface area contributed by atoms with Gasteiger partial charge in [0.25, 0.3) is 0 Å². The quantitative estimate of drug-likeness (QED) is 0.598. The van der Waals surface area contributed by atoms with E-state index in [0.29, 0.717) is 5.92 Å². The fourth-order valence-corrected chi connectivity index (χ4v) is 2.67. The van der Waals surface area contributed by atoms with Crippen molar-refractivity contribution in [1.82, 2.24) is 0 Å². The van der Waals surface area contributed by atoms with Crippen LogP contribution in [0.25, 0.3) is 0 Å². The van der Waals surface area contributed by atoms with Gasteiger partial charge in [0.1, 0.15) is 0 Å². The van der Waals surface area contributed by atoms with Crippen molar-refractivity contribution < 1.29 is 0 Å². The van der Waals surface area contributed by atoms with Gasteiger partial charge in [0.05, 0.1) is 0 Å². The van der Waals surface area contributed by atoms with E-state index >= 15 is 0 Å². The molecule has 1 aromatic carbocycles. The molecule has 1 heteroatoms. The molecular weight excluding hydrogens is 230 g/mol. The van der Waals surface area contributed by atoms with Crippen LogP contribution in [0.1, 0.15) is 63.0 Å². The molecule has 0 aliphatic rings. The van der Waals surface area contributed by atoms with Gasteiger partial charge in [-0.1, -0.05) is 69.7 Å². The van der Waals surface area contributed by atoms with Crippen LogP contribution in [0.3, 0.4) is 0 Å². The van der Waals surface area contributed by atoms with E-state index in [1.165, 1.54) is 56.1 Å². The molecule has 1 atom stereocenters. The minimum atomic E-state index is 0.660. The Hall–Kier alpha value is -0.820. The average molecular weight is 261 g/mol. The van der Waals surface area contributed by atoms with Crippen LogP contribution >= 0.6 is 0 Å². The molecule has 19 heavy (non-hydrogen) atoms. The number of aryl methyl sites for hydroxylation is 1. The fraction of sp³-hybridized carbons (Fsp3) is 0.667. The Morgan fingerprint density at radius 1 is 1.00 bits per heavy atom. The summed E-state index contributed by atoms with van der Waals surface area (Å²) in [6.07, 6.45) is 10.7. The molecule has 0 fully saturated rings. The zero-order valence-electron chi connectivity index (χ0n) is 12.8. The summed E-state index contributed by atoms with van der Waals surface area (Å²) in [5.41, 5.74) is 8.82. The van der Waals surface area contributed by atoms with E-state index in [9.17, 15) is 0 Å². The average Bonchev–Trinajstić information content (AvgIpc) is 2.43. The standard InChI is InChI=1S/C18H31N/c1-3-4-5-6-7-8-12-17(15-19)14-18-13-10-9-11-16(18)2/h9-11,13,17H,3-8,12,14-15,19H2,1-2H3. The molecule has 1 rings (SSSR count). The third-order valence-corrected chi connectivity index (χ3v) is 4.07. The first-order valence-electron chi connectivity index (χ1n) is 8.02. The van der Waals surface area contributed by atoms with Crippen LogP contribution in [-0.2, 0) is 6.42 Å². The maximum Gasteiger partial charge on any atom is -0.00457 e. The van der Waals surface area contributed by atoms with E-state index in [1.807, 2.05) is 0 Å². The summed E-state index contributed by atoms with van der Waals surface area (Å²) in [4.78, 5) is 0.